The van der Waals surface area contributed by atoms with Crippen molar-refractivity contribution >= 4 is 35.1 Å². The van der Waals surface area contributed by atoms with Gasteiger partial charge < -0.3 is 25.2 Å². The largest absolute Gasteiger partial charge is 0.444 e. The van der Waals surface area contributed by atoms with Gasteiger partial charge in [-0.15, -0.1) is 0 Å². The van der Waals surface area contributed by atoms with Crippen LogP contribution in [0.15, 0.2) is 60.8 Å². The second kappa shape index (κ2) is 12.0. The molecule has 1 aliphatic rings. The minimum atomic E-state index is -4.40. The molecular formula is C29H33F3N6O3. The number of piperidine rings is 1. The van der Waals surface area contributed by atoms with Gasteiger partial charge >= 0.3 is 12.3 Å². The van der Waals surface area contributed by atoms with Crippen molar-refractivity contribution in [1.29, 1.82) is 0 Å². The number of amides is 2. The van der Waals surface area contributed by atoms with Crippen LogP contribution in [-0.2, 0) is 10.9 Å². The Hall–Kier alpha value is -4.35. The summed E-state index contributed by atoms with van der Waals surface area (Å²) in [6.07, 6.45) is -1.93. The number of alkyl halides is 3. The van der Waals surface area contributed by atoms with Crippen LogP contribution < -0.4 is 10.6 Å². The molecule has 0 bridgehead atoms. The molecule has 41 heavy (non-hydrogen) atoms. The van der Waals surface area contributed by atoms with Crippen LogP contribution in [-0.4, -0.2) is 63.5 Å². The van der Waals surface area contributed by atoms with Crippen molar-refractivity contribution < 1.29 is 27.5 Å². The van der Waals surface area contributed by atoms with Gasteiger partial charge in [0.1, 0.15) is 11.4 Å². The van der Waals surface area contributed by atoms with E-state index >= 15 is 0 Å². The first-order valence-electron chi connectivity index (χ1n) is 13.2. The molecule has 0 saturated carbocycles. The van der Waals surface area contributed by atoms with Crippen LogP contribution in [0.3, 0.4) is 0 Å². The highest BCUT2D eigenvalue weighted by molar-refractivity contribution is 5.94. The molecule has 0 aliphatic carbocycles. The second-order valence-electron chi connectivity index (χ2n) is 10.8. The van der Waals surface area contributed by atoms with Crippen LogP contribution in [0.4, 0.5) is 41.1 Å². The molecule has 0 spiro atoms. The molecular weight excluding hydrogens is 537 g/mol. The van der Waals surface area contributed by atoms with Crippen molar-refractivity contribution in [2.45, 2.75) is 51.4 Å². The zero-order chi connectivity index (χ0) is 29.8. The van der Waals surface area contributed by atoms with Crippen molar-refractivity contribution in [3.05, 3.63) is 71.9 Å². The van der Waals surface area contributed by atoms with Gasteiger partial charge in [0.05, 0.1) is 5.56 Å². The zero-order valence-electron chi connectivity index (χ0n) is 23.3. The first kappa shape index (κ1) is 29.6. The topological polar surface area (TPSA) is 99.7 Å². The number of carbonyl (C=O) groups excluding carboxylic acids is 2. The highest BCUT2D eigenvalue weighted by atomic mass is 19.4. The number of nitrogens with zero attached hydrogens (tertiary/aromatic N) is 4. The van der Waals surface area contributed by atoms with Crippen molar-refractivity contribution in [3.63, 3.8) is 0 Å². The van der Waals surface area contributed by atoms with Gasteiger partial charge in [0, 0.05) is 49.3 Å². The molecule has 1 fully saturated rings. The fourth-order valence-electron chi connectivity index (χ4n) is 4.33. The van der Waals surface area contributed by atoms with E-state index in [9.17, 15) is 22.8 Å². The molecule has 12 heteroatoms. The average molecular weight is 571 g/mol. The molecule has 1 aromatic heterocycles. The molecule has 4 rings (SSSR count). The molecule has 2 N–H and O–H groups in total. The first-order valence-corrected chi connectivity index (χ1v) is 13.2. The minimum Gasteiger partial charge on any atom is -0.444 e. The summed E-state index contributed by atoms with van der Waals surface area (Å²) in [5.74, 6) is 0.584. The quantitative estimate of drug-likeness (QED) is 0.351. The smallest absolute Gasteiger partial charge is 0.416 e. The molecule has 1 saturated heterocycles. The summed E-state index contributed by atoms with van der Waals surface area (Å²) in [5, 5.41) is 6.02. The van der Waals surface area contributed by atoms with Gasteiger partial charge in [-0.2, -0.15) is 18.2 Å². The maximum atomic E-state index is 13.1. The Balaban J connectivity index is 1.31. The van der Waals surface area contributed by atoms with E-state index in [1.165, 1.54) is 18.3 Å². The molecule has 3 aromatic rings. The number of nitrogens with one attached hydrogen (secondary N) is 2. The summed E-state index contributed by atoms with van der Waals surface area (Å²) in [6.45, 7) is 6.55. The number of hydrogen-bond donors (Lipinski definition) is 2. The lowest BCUT2D eigenvalue weighted by atomic mass is 10.0. The zero-order valence-corrected chi connectivity index (χ0v) is 23.3. The van der Waals surface area contributed by atoms with E-state index in [0.717, 1.165) is 12.1 Å². The second-order valence-corrected chi connectivity index (χ2v) is 10.8. The third-order valence-corrected chi connectivity index (χ3v) is 6.51. The maximum absolute atomic E-state index is 13.1. The fourth-order valence-corrected chi connectivity index (χ4v) is 4.33. The van der Waals surface area contributed by atoms with Crippen LogP contribution in [0.2, 0.25) is 0 Å². The van der Waals surface area contributed by atoms with Crippen LogP contribution in [0, 0.1) is 0 Å². The number of benzene rings is 2. The Kier molecular flexibility index (Phi) is 8.69. The standard InChI is InChI=1S/C29H33F3N6O3/c1-28(2,3)41-27(40)37(4)23-14-17-38(18-15-23)25(39)19-5-9-22(10-6-19)35-26-33-16-13-24(36-26)34-21-11-7-20(8-12-21)29(30,31)32/h5-13,16,23H,14-15,17-18H2,1-4H3,(H2,33,34,35,36). The van der Waals surface area contributed by atoms with Gasteiger partial charge in [-0.1, -0.05) is 0 Å². The molecule has 0 radical (unpaired) electrons. The highest BCUT2D eigenvalue weighted by Gasteiger charge is 2.31. The van der Waals surface area contributed by atoms with Gasteiger partial charge in [0.15, 0.2) is 0 Å². The molecule has 0 atom stereocenters. The van der Waals surface area contributed by atoms with Crippen LogP contribution in [0.5, 0.6) is 0 Å². The number of anilines is 4. The van der Waals surface area contributed by atoms with Gasteiger partial charge in [0.25, 0.3) is 5.91 Å². The van der Waals surface area contributed by atoms with Crippen molar-refractivity contribution in [3.8, 4) is 0 Å². The number of aromatic nitrogens is 2. The fraction of sp³-hybridized carbons (Fsp3) is 0.379. The Morgan fingerprint density at radius 2 is 1.51 bits per heavy atom. The van der Waals surface area contributed by atoms with E-state index in [-0.39, 0.29) is 24.0 Å². The Morgan fingerprint density at radius 3 is 2.10 bits per heavy atom. The monoisotopic (exact) mass is 570 g/mol. The van der Waals surface area contributed by atoms with E-state index in [1.54, 1.807) is 47.2 Å². The van der Waals surface area contributed by atoms with Crippen molar-refractivity contribution in [2.75, 3.05) is 30.8 Å². The molecule has 2 aromatic carbocycles. The summed E-state index contributed by atoms with van der Waals surface area (Å²) in [5.41, 5.74) is 0.347. The molecule has 1 aliphatic heterocycles. The van der Waals surface area contributed by atoms with E-state index < -0.39 is 17.3 Å². The lowest BCUT2D eigenvalue weighted by Gasteiger charge is -2.37. The van der Waals surface area contributed by atoms with Gasteiger partial charge in [-0.3, -0.25) is 4.79 Å². The van der Waals surface area contributed by atoms with Gasteiger partial charge in [-0.25, -0.2) is 9.78 Å². The van der Waals surface area contributed by atoms with Crippen molar-refractivity contribution in [2.24, 2.45) is 0 Å². The number of likely N-dealkylation sites (tertiary alicyclic amines) is 1. The summed E-state index contributed by atoms with van der Waals surface area (Å²) in [6, 6.07) is 13.2. The summed E-state index contributed by atoms with van der Waals surface area (Å²) in [7, 11) is 1.73. The lowest BCUT2D eigenvalue weighted by Crippen LogP contribution is -2.48. The number of halogens is 3. The number of hydrogen-bond acceptors (Lipinski definition) is 7. The van der Waals surface area contributed by atoms with Gasteiger partial charge in [0.2, 0.25) is 5.95 Å². The number of ether oxygens (including phenoxy) is 1. The minimum absolute atomic E-state index is 0.00461. The number of carbonyl (C=O) groups is 2. The molecule has 9 nitrogen and oxygen atoms in total. The Labute approximate surface area is 236 Å². The normalized spacial score (nSPS) is 14.4. The van der Waals surface area contributed by atoms with Crippen LogP contribution >= 0.6 is 0 Å². The number of rotatable bonds is 6. The average Bonchev–Trinajstić information content (AvgIpc) is 2.92. The predicted molar refractivity (Wildman–Crippen MR) is 149 cm³/mol. The summed E-state index contributed by atoms with van der Waals surface area (Å²) in [4.78, 5) is 37.4. The summed E-state index contributed by atoms with van der Waals surface area (Å²) >= 11 is 0. The van der Waals surface area contributed by atoms with E-state index in [0.29, 0.717) is 48.7 Å². The lowest BCUT2D eigenvalue weighted by molar-refractivity contribution is -0.137. The van der Waals surface area contributed by atoms with Crippen LogP contribution in [0.25, 0.3) is 0 Å². The van der Waals surface area contributed by atoms with Gasteiger partial charge in [-0.05, 0) is 88.2 Å². The summed E-state index contributed by atoms with van der Waals surface area (Å²) < 4.78 is 43.8. The van der Waals surface area contributed by atoms with E-state index in [1.807, 2.05) is 20.8 Å². The molecule has 2 heterocycles. The van der Waals surface area contributed by atoms with E-state index in [2.05, 4.69) is 20.6 Å². The molecule has 0 unspecified atom stereocenters. The predicted octanol–water partition coefficient (Wildman–Crippen LogP) is 6.45. The SMILES string of the molecule is CN(C(=O)OC(C)(C)C)C1CCN(C(=O)c2ccc(Nc3nccc(Nc4ccc(C(F)(F)F)cc4)n3)cc2)CC1. The third-order valence-electron chi connectivity index (χ3n) is 6.51. The third kappa shape index (κ3) is 8.09. The first-order chi connectivity index (χ1) is 19.3. The van der Waals surface area contributed by atoms with Crippen LogP contribution in [0.1, 0.15) is 49.5 Å². The Bertz CT molecular complexity index is 1350. The highest BCUT2D eigenvalue weighted by Crippen LogP contribution is 2.30. The maximum Gasteiger partial charge on any atom is 0.416 e. The molecule has 218 valence electrons. The van der Waals surface area contributed by atoms with E-state index in [4.69, 9.17) is 4.74 Å². The molecule has 2 amide bonds. The Morgan fingerprint density at radius 1 is 0.927 bits per heavy atom. The van der Waals surface area contributed by atoms with Crippen molar-refractivity contribution in [1.82, 2.24) is 19.8 Å².